The van der Waals surface area contributed by atoms with Crippen LogP contribution in [0.4, 0.5) is 11.4 Å². The molecule has 0 aliphatic heterocycles. The number of nitrogens with one attached hydrogen (secondary N) is 3. The molecule has 0 bridgehead atoms. The van der Waals surface area contributed by atoms with Crippen molar-refractivity contribution in [3.8, 4) is 0 Å². The first-order chi connectivity index (χ1) is 13.9. The third-order valence-electron chi connectivity index (χ3n) is 5.05. The van der Waals surface area contributed by atoms with Gasteiger partial charge in [0.25, 0.3) is 11.6 Å². The highest BCUT2D eigenvalue weighted by atomic mass is 16.6. The predicted molar refractivity (Wildman–Crippen MR) is 111 cm³/mol. The quantitative estimate of drug-likeness (QED) is 0.412. The Hall–Kier alpha value is -3.42. The molecule has 1 saturated carbocycles. The number of fused-ring (bicyclic) bond motifs is 1. The maximum atomic E-state index is 12.9. The van der Waals surface area contributed by atoms with Crippen molar-refractivity contribution in [3.05, 3.63) is 64.0 Å². The first-order valence-electron chi connectivity index (χ1n) is 9.73. The molecular weight excluding hydrogens is 370 g/mol. The summed E-state index contributed by atoms with van der Waals surface area (Å²) in [5.74, 6) is 0.367. The number of para-hydroxylation sites is 2. The molecule has 8 heteroatoms. The Morgan fingerprint density at radius 3 is 2.66 bits per heavy atom. The lowest BCUT2D eigenvalue weighted by Gasteiger charge is -2.20. The number of imidazole rings is 1. The minimum absolute atomic E-state index is 0.0744. The van der Waals surface area contributed by atoms with Crippen LogP contribution in [0.25, 0.3) is 11.0 Å². The number of nitrogens with zero attached hydrogens (tertiary/aromatic N) is 2. The zero-order valence-corrected chi connectivity index (χ0v) is 16.3. The molecule has 1 fully saturated rings. The molecule has 1 atom stereocenters. The molecule has 1 aliphatic carbocycles. The summed E-state index contributed by atoms with van der Waals surface area (Å²) >= 11 is 0. The normalized spacial score (nSPS) is 14.7. The SMILES string of the molecule is CC(C)C(NC(=O)c1ccc(NC2CC2)c([N+](=O)[O-])c1)c1nc2ccccc2[nH]1. The van der Waals surface area contributed by atoms with Crippen LogP contribution in [0, 0.1) is 16.0 Å². The second-order valence-electron chi connectivity index (χ2n) is 7.74. The molecule has 1 aromatic heterocycles. The number of hydrogen-bond donors (Lipinski definition) is 3. The summed E-state index contributed by atoms with van der Waals surface area (Å²) < 4.78 is 0. The van der Waals surface area contributed by atoms with Gasteiger partial charge < -0.3 is 15.6 Å². The number of carbonyl (C=O) groups is 1. The second-order valence-corrected chi connectivity index (χ2v) is 7.74. The molecule has 1 unspecified atom stereocenters. The van der Waals surface area contributed by atoms with E-state index >= 15 is 0 Å². The van der Waals surface area contributed by atoms with Gasteiger partial charge in [0.15, 0.2) is 0 Å². The van der Waals surface area contributed by atoms with Gasteiger partial charge in [0, 0.05) is 17.7 Å². The molecule has 2 aromatic carbocycles. The van der Waals surface area contributed by atoms with Crippen LogP contribution >= 0.6 is 0 Å². The summed E-state index contributed by atoms with van der Waals surface area (Å²) in [6.07, 6.45) is 2.01. The lowest BCUT2D eigenvalue weighted by Crippen LogP contribution is -2.32. The maximum absolute atomic E-state index is 12.9. The molecule has 1 amide bonds. The fourth-order valence-electron chi connectivity index (χ4n) is 3.29. The number of anilines is 1. The number of aromatic amines is 1. The minimum Gasteiger partial charge on any atom is -0.377 e. The number of amides is 1. The van der Waals surface area contributed by atoms with Gasteiger partial charge in [-0.05, 0) is 43.0 Å². The number of carbonyl (C=O) groups excluding carboxylic acids is 1. The monoisotopic (exact) mass is 393 g/mol. The molecule has 150 valence electrons. The van der Waals surface area contributed by atoms with Gasteiger partial charge in [-0.2, -0.15) is 0 Å². The van der Waals surface area contributed by atoms with Crippen molar-refractivity contribution in [2.45, 2.75) is 38.8 Å². The van der Waals surface area contributed by atoms with Crippen molar-refractivity contribution in [1.82, 2.24) is 15.3 Å². The molecular formula is C21H23N5O3. The van der Waals surface area contributed by atoms with Crippen molar-refractivity contribution in [1.29, 1.82) is 0 Å². The number of benzene rings is 2. The lowest BCUT2D eigenvalue weighted by atomic mass is 10.0. The smallest absolute Gasteiger partial charge is 0.293 e. The van der Waals surface area contributed by atoms with Crippen LogP contribution in [0.3, 0.4) is 0 Å². The zero-order valence-electron chi connectivity index (χ0n) is 16.3. The van der Waals surface area contributed by atoms with Crippen LogP contribution in [0.2, 0.25) is 0 Å². The maximum Gasteiger partial charge on any atom is 0.293 e. The predicted octanol–water partition coefficient (Wildman–Crippen LogP) is 4.17. The van der Waals surface area contributed by atoms with E-state index in [1.165, 1.54) is 6.07 Å². The first-order valence-corrected chi connectivity index (χ1v) is 9.73. The van der Waals surface area contributed by atoms with Gasteiger partial charge in [-0.15, -0.1) is 0 Å². The van der Waals surface area contributed by atoms with E-state index in [1.807, 2.05) is 38.1 Å². The standard InChI is InChI=1S/C21H23N5O3/c1-12(2)19(20-23-15-5-3-4-6-16(15)24-20)25-21(27)13-7-10-17(22-14-8-9-14)18(11-13)26(28)29/h3-7,10-12,14,19,22H,8-9H2,1-2H3,(H,23,24)(H,25,27). The highest BCUT2D eigenvalue weighted by Crippen LogP contribution is 2.32. The average molecular weight is 393 g/mol. The minimum atomic E-state index is -0.458. The molecule has 3 N–H and O–H groups in total. The van der Waals surface area contributed by atoms with Gasteiger partial charge in [-0.1, -0.05) is 26.0 Å². The van der Waals surface area contributed by atoms with Gasteiger partial charge in [0.05, 0.1) is 22.0 Å². The van der Waals surface area contributed by atoms with Crippen molar-refractivity contribution < 1.29 is 9.72 Å². The molecule has 0 spiro atoms. The Morgan fingerprint density at radius 2 is 2.00 bits per heavy atom. The Morgan fingerprint density at radius 1 is 1.24 bits per heavy atom. The van der Waals surface area contributed by atoms with Gasteiger partial charge in [0.2, 0.25) is 0 Å². The van der Waals surface area contributed by atoms with E-state index in [0.29, 0.717) is 11.5 Å². The van der Waals surface area contributed by atoms with Crippen LogP contribution in [-0.2, 0) is 0 Å². The van der Waals surface area contributed by atoms with Crippen LogP contribution in [0.15, 0.2) is 42.5 Å². The Bertz CT molecular complexity index is 1040. The fourth-order valence-corrected chi connectivity index (χ4v) is 3.29. The fraction of sp³-hybridized carbons (Fsp3) is 0.333. The number of H-pyrrole nitrogens is 1. The Kier molecular flexibility index (Phi) is 4.92. The van der Waals surface area contributed by atoms with Crippen molar-refractivity contribution in [3.63, 3.8) is 0 Å². The van der Waals surface area contributed by atoms with E-state index in [2.05, 4.69) is 20.6 Å². The third-order valence-corrected chi connectivity index (χ3v) is 5.05. The number of rotatable bonds is 7. The summed E-state index contributed by atoms with van der Waals surface area (Å²) in [6, 6.07) is 12.2. The Labute approximate surface area is 167 Å². The van der Waals surface area contributed by atoms with E-state index in [9.17, 15) is 14.9 Å². The highest BCUT2D eigenvalue weighted by molar-refractivity contribution is 5.96. The van der Waals surface area contributed by atoms with E-state index in [4.69, 9.17) is 0 Å². The van der Waals surface area contributed by atoms with Crippen LogP contribution in [0.1, 0.15) is 48.9 Å². The number of nitro benzene ring substituents is 1. The molecule has 4 rings (SSSR count). The van der Waals surface area contributed by atoms with E-state index in [0.717, 1.165) is 23.9 Å². The molecule has 0 saturated heterocycles. The van der Waals surface area contributed by atoms with Crippen molar-refractivity contribution in [2.24, 2.45) is 5.92 Å². The topological polar surface area (TPSA) is 113 Å². The summed E-state index contributed by atoms with van der Waals surface area (Å²) in [4.78, 5) is 31.7. The summed E-state index contributed by atoms with van der Waals surface area (Å²) in [5.41, 5.74) is 2.34. The number of aromatic nitrogens is 2. The van der Waals surface area contributed by atoms with E-state index in [1.54, 1.807) is 12.1 Å². The van der Waals surface area contributed by atoms with Gasteiger partial charge in [0.1, 0.15) is 11.5 Å². The first kappa shape index (κ1) is 18.9. The lowest BCUT2D eigenvalue weighted by molar-refractivity contribution is -0.384. The van der Waals surface area contributed by atoms with Crippen LogP contribution in [0.5, 0.6) is 0 Å². The Balaban J connectivity index is 1.59. The van der Waals surface area contributed by atoms with Gasteiger partial charge >= 0.3 is 0 Å². The summed E-state index contributed by atoms with van der Waals surface area (Å²) in [6.45, 7) is 3.98. The van der Waals surface area contributed by atoms with Gasteiger partial charge in [-0.25, -0.2) is 4.98 Å². The number of hydrogen-bond acceptors (Lipinski definition) is 5. The highest BCUT2D eigenvalue weighted by Gasteiger charge is 2.27. The molecule has 1 heterocycles. The molecule has 29 heavy (non-hydrogen) atoms. The third kappa shape index (κ3) is 4.06. The van der Waals surface area contributed by atoms with Crippen LogP contribution < -0.4 is 10.6 Å². The van der Waals surface area contributed by atoms with E-state index in [-0.39, 0.29) is 35.2 Å². The summed E-state index contributed by atoms with van der Waals surface area (Å²) in [7, 11) is 0. The van der Waals surface area contributed by atoms with Gasteiger partial charge in [-0.3, -0.25) is 14.9 Å². The second kappa shape index (κ2) is 7.54. The molecule has 3 aromatic rings. The summed E-state index contributed by atoms with van der Waals surface area (Å²) in [5, 5.41) is 17.6. The average Bonchev–Trinajstić information content (AvgIpc) is 3.40. The molecule has 0 radical (unpaired) electrons. The van der Waals surface area contributed by atoms with Crippen molar-refractivity contribution in [2.75, 3.05) is 5.32 Å². The van der Waals surface area contributed by atoms with Crippen LogP contribution in [-0.4, -0.2) is 26.8 Å². The zero-order chi connectivity index (χ0) is 20.5. The molecule has 1 aliphatic rings. The van der Waals surface area contributed by atoms with Crippen molar-refractivity contribution >= 4 is 28.3 Å². The largest absolute Gasteiger partial charge is 0.377 e. The molecule has 8 nitrogen and oxygen atoms in total. The van der Waals surface area contributed by atoms with E-state index < -0.39 is 4.92 Å². The number of nitro groups is 1.